The number of aryl methyl sites for hydroxylation is 2. The maximum atomic E-state index is 12.7. The largest absolute Gasteiger partial charge is 0.341 e. The van der Waals surface area contributed by atoms with Gasteiger partial charge in [0.2, 0.25) is 5.89 Å². The van der Waals surface area contributed by atoms with Crippen molar-refractivity contribution in [2.75, 3.05) is 13.6 Å². The molecule has 2 heterocycles. The van der Waals surface area contributed by atoms with Crippen molar-refractivity contribution in [1.82, 2.24) is 20.0 Å². The zero-order valence-electron chi connectivity index (χ0n) is 14.9. The van der Waals surface area contributed by atoms with Crippen LogP contribution in [0.25, 0.3) is 11.3 Å². The van der Waals surface area contributed by atoms with Crippen molar-refractivity contribution in [3.8, 4) is 11.3 Å². The molecule has 0 fully saturated rings. The highest BCUT2D eigenvalue weighted by Crippen LogP contribution is 2.22. The van der Waals surface area contributed by atoms with Crippen LogP contribution < -0.4 is 0 Å². The number of carbonyl (C=O) groups excluding carboxylic acids is 1. The molecule has 3 aromatic rings. The lowest BCUT2D eigenvalue weighted by atomic mass is 10.1. The van der Waals surface area contributed by atoms with E-state index in [1.54, 1.807) is 24.9 Å². The number of hydrogen-bond donors (Lipinski definition) is 0. The smallest absolute Gasteiger partial charge is 0.253 e. The van der Waals surface area contributed by atoms with E-state index in [4.69, 9.17) is 16.1 Å². The maximum Gasteiger partial charge on any atom is 0.253 e. The Balaban J connectivity index is 1.73. The van der Waals surface area contributed by atoms with Gasteiger partial charge in [-0.2, -0.15) is 4.98 Å². The molecule has 0 aliphatic heterocycles. The first-order valence-corrected chi connectivity index (χ1v) is 8.60. The molecule has 7 heteroatoms. The summed E-state index contributed by atoms with van der Waals surface area (Å²) in [5.41, 5.74) is 3.02. The van der Waals surface area contributed by atoms with Crippen molar-refractivity contribution in [3.63, 3.8) is 0 Å². The van der Waals surface area contributed by atoms with Crippen LogP contribution in [-0.4, -0.2) is 39.5 Å². The van der Waals surface area contributed by atoms with Gasteiger partial charge in [-0.1, -0.05) is 28.9 Å². The van der Waals surface area contributed by atoms with E-state index < -0.39 is 0 Å². The normalized spacial score (nSPS) is 10.8. The van der Waals surface area contributed by atoms with Crippen LogP contribution in [0.3, 0.4) is 0 Å². The molecule has 0 radical (unpaired) electrons. The molecule has 0 atom stereocenters. The van der Waals surface area contributed by atoms with E-state index in [1.807, 2.05) is 37.3 Å². The molecule has 0 saturated heterocycles. The highest BCUT2D eigenvalue weighted by molar-refractivity contribution is 6.31. The average Bonchev–Trinajstić information content (AvgIpc) is 3.06. The molecule has 26 heavy (non-hydrogen) atoms. The maximum absolute atomic E-state index is 12.7. The van der Waals surface area contributed by atoms with Crippen molar-refractivity contribution in [3.05, 3.63) is 64.4 Å². The number of aromatic nitrogens is 3. The molecule has 2 aromatic heterocycles. The molecule has 1 aromatic carbocycles. The third kappa shape index (κ3) is 4.08. The Bertz CT molecular complexity index is 939. The van der Waals surface area contributed by atoms with E-state index in [9.17, 15) is 4.79 Å². The van der Waals surface area contributed by atoms with Gasteiger partial charge in [-0.3, -0.25) is 9.78 Å². The monoisotopic (exact) mass is 370 g/mol. The molecule has 0 saturated carbocycles. The minimum absolute atomic E-state index is 0.0715. The fourth-order valence-corrected chi connectivity index (χ4v) is 2.65. The standard InChI is InChI=1S/C19H19ClN4O2/c1-12-16(20)7-8-17(21-12)14-5-4-6-15(11-14)19(25)24(3)10-9-18-22-13(2)26-23-18/h4-8,11H,9-10H2,1-3H3. The Kier molecular flexibility index (Phi) is 5.32. The minimum Gasteiger partial charge on any atom is -0.341 e. The molecule has 0 N–H and O–H groups in total. The van der Waals surface area contributed by atoms with Gasteiger partial charge in [0.25, 0.3) is 5.91 Å². The van der Waals surface area contributed by atoms with E-state index in [1.165, 1.54) is 0 Å². The van der Waals surface area contributed by atoms with Gasteiger partial charge >= 0.3 is 0 Å². The predicted molar refractivity (Wildman–Crippen MR) is 99.1 cm³/mol. The van der Waals surface area contributed by atoms with E-state index in [2.05, 4.69) is 15.1 Å². The third-order valence-electron chi connectivity index (χ3n) is 4.01. The number of hydrogen-bond acceptors (Lipinski definition) is 5. The van der Waals surface area contributed by atoms with Gasteiger partial charge in [-0.05, 0) is 31.2 Å². The SMILES string of the molecule is Cc1nc(CCN(C)C(=O)c2cccc(-c3ccc(Cl)c(C)n3)c2)no1. The minimum atomic E-state index is -0.0715. The summed E-state index contributed by atoms with van der Waals surface area (Å²) in [5.74, 6) is 1.04. The molecule has 3 rings (SSSR count). The summed E-state index contributed by atoms with van der Waals surface area (Å²) in [6.45, 7) is 4.10. The Hall–Kier alpha value is -2.73. The van der Waals surface area contributed by atoms with Crippen LogP contribution >= 0.6 is 11.6 Å². The highest BCUT2D eigenvalue weighted by atomic mass is 35.5. The molecule has 0 bridgehead atoms. The van der Waals surface area contributed by atoms with Gasteiger partial charge in [0.1, 0.15) is 0 Å². The summed E-state index contributed by atoms with van der Waals surface area (Å²) in [5, 5.41) is 4.47. The van der Waals surface area contributed by atoms with Crippen LogP contribution in [0, 0.1) is 13.8 Å². The molecule has 0 aliphatic rings. The van der Waals surface area contributed by atoms with Gasteiger partial charge in [0.05, 0.1) is 16.4 Å². The van der Waals surface area contributed by atoms with E-state index in [0.29, 0.717) is 35.3 Å². The number of amides is 1. The van der Waals surface area contributed by atoms with Crippen molar-refractivity contribution in [2.24, 2.45) is 0 Å². The van der Waals surface area contributed by atoms with Gasteiger partial charge in [0, 0.05) is 38.1 Å². The van der Waals surface area contributed by atoms with E-state index in [0.717, 1.165) is 17.0 Å². The zero-order valence-corrected chi connectivity index (χ0v) is 15.6. The molecule has 1 amide bonds. The second-order valence-electron chi connectivity index (χ2n) is 6.05. The van der Waals surface area contributed by atoms with Gasteiger partial charge in [0.15, 0.2) is 5.82 Å². The quantitative estimate of drug-likeness (QED) is 0.684. The van der Waals surface area contributed by atoms with E-state index >= 15 is 0 Å². The number of pyridine rings is 1. The van der Waals surface area contributed by atoms with Crippen molar-refractivity contribution in [2.45, 2.75) is 20.3 Å². The van der Waals surface area contributed by atoms with Crippen LogP contribution in [0.1, 0.15) is 27.8 Å². The second-order valence-corrected chi connectivity index (χ2v) is 6.46. The number of rotatable bonds is 5. The molecule has 6 nitrogen and oxygen atoms in total. The highest BCUT2D eigenvalue weighted by Gasteiger charge is 2.14. The Morgan fingerprint density at radius 2 is 2.00 bits per heavy atom. The molecule has 134 valence electrons. The first-order chi connectivity index (χ1) is 12.4. The molecule has 0 spiro atoms. The van der Waals surface area contributed by atoms with Gasteiger partial charge in [-0.25, -0.2) is 0 Å². The van der Waals surface area contributed by atoms with Crippen molar-refractivity contribution >= 4 is 17.5 Å². The van der Waals surface area contributed by atoms with Crippen LogP contribution in [0.15, 0.2) is 40.9 Å². The molecule has 0 unspecified atom stereocenters. The fraction of sp³-hybridized carbons (Fsp3) is 0.263. The number of likely N-dealkylation sites (N-methyl/N-ethyl adjacent to an activating group) is 1. The number of benzene rings is 1. The first kappa shape index (κ1) is 18.1. The Labute approximate surface area is 156 Å². The lowest BCUT2D eigenvalue weighted by Gasteiger charge is -2.16. The second kappa shape index (κ2) is 7.66. The Morgan fingerprint density at radius 3 is 2.69 bits per heavy atom. The average molecular weight is 371 g/mol. The summed E-state index contributed by atoms with van der Waals surface area (Å²) in [6, 6.07) is 11.1. The van der Waals surface area contributed by atoms with Crippen molar-refractivity contribution in [1.29, 1.82) is 0 Å². The lowest BCUT2D eigenvalue weighted by molar-refractivity contribution is 0.0796. The van der Waals surface area contributed by atoms with Crippen LogP contribution in [0.5, 0.6) is 0 Å². The van der Waals surface area contributed by atoms with Gasteiger partial charge in [-0.15, -0.1) is 0 Å². The number of halogens is 1. The molecular weight excluding hydrogens is 352 g/mol. The van der Waals surface area contributed by atoms with Crippen LogP contribution in [-0.2, 0) is 6.42 Å². The first-order valence-electron chi connectivity index (χ1n) is 8.22. The number of nitrogens with zero attached hydrogens (tertiary/aromatic N) is 4. The third-order valence-corrected chi connectivity index (χ3v) is 4.41. The summed E-state index contributed by atoms with van der Waals surface area (Å²) < 4.78 is 4.94. The zero-order chi connectivity index (χ0) is 18.7. The molecular formula is C19H19ClN4O2. The van der Waals surface area contributed by atoms with Crippen LogP contribution in [0.2, 0.25) is 5.02 Å². The summed E-state index contributed by atoms with van der Waals surface area (Å²) in [7, 11) is 1.76. The topological polar surface area (TPSA) is 72.1 Å². The van der Waals surface area contributed by atoms with Crippen molar-refractivity contribution < 1.29 is 9.32 Å². The summed E-state index contributed by atoms with van der Waals surface area (Å²) >= 11 is 6.04. The molecule has 0 aliphatic carbocycles. The van der Waals surface area contributed by atoms with E-state index in [-0.39, 0.29) is 5.91 Å². The van der Waals surface area contributed by atoms with Crippen LogP contribution in [0.4, 0.5) is 0 Å². The summed E-state index contributed by atoms with van der Waals surface area (Å²) in [4.78, 5) is 23.0. The predicted octanol–water partition coefficient (Wildman–Crippen LogP) is 3.72. The Morgan fingerprint density at radius 1 is 1.19 bits per heavy atom. The lowest BCUT2D eigenvalue weighted by Crippen LogP contribution is -2.29. The fourth-order valence-electron chi connectivity index (χ4n) is 2.55. The van der Waals surface area contributed by atoms with Gasteiger partial charge < -0.3 is 9.42 Å². The summed E-state index contributed by atoms with van der Waals surface area (Å²) in [6.07, 6.45) is 0.539. The number of carbonyl (C=O) groups is 1.